The molecule has 1 saturated heterocycles. The second kappa shape index (κ2) is 11.3. The summed E-state index contributed by atoms with van der Waals surface area (Å²) in [5, 5.41) is 17.0. The Morgan fingerprint density at radius 1 is 1.15 bits per heavy atom. The summed E-state index contributed by atoms with van der Waals surface area (Å²) in [6.07, 6.45) is 6.08. The monoisotopic (exact) mass is 546 g/mol. The van der Waals surface area contributed by atoms with Gasteiger partial charge in [-0.05, 0) is 55.8 Å². The SMILES string of the molecule is Cn1nccc1C(=O)N[C@H](c1cn2ncc(CNC(=O)C3NCCC[C@H]3C(F)(F)F)cc2n1)C1CCCCC1. The molecule has 4 heterocycles. The molecule has 0 spiro atoms. The van der Waals surface area contributed by atoms with Gasteiger partial charge in [-0.3, -0.25) is 14.3 Å². The molecule has 0 radical (unpaired) electrons. The number of amides is 2. The van der Waals surface area contributed by atoms with Gasteiger partial charge >= 0.3 is 6.18 Å². The lowest BCUT2D eigenvalue weighted by molar-refractivity contribution is -0.190. The molecular weight excluding hydrogens is 513 g/mol. The molecule has 1 aliphatic heterocycles. The molecule has 0 aromatic carbocycles. The Morgan fingerprint density at radius 2 is 1.95 bits per heavy atom. The van der Waals surface area contributed by atoms with E-state index in [1.54, 1.807) is 42.3 Å². The van der Waals surface area contributed by atoms with E-state index in [1.807, 2.05) is 0 Å². The molecule has 3 aromatic heterocycles. The Bertz CT molecular complexity index is 1310. The van der Waals surface area contributed by atoms with Crippen LogP contribution in [-0.2, 0) is 18.4 Å². The fourth-order valence-corrected chi connectivity index (χ4v) is 5.71. The van der Waals surface area contributed by atoms with E-state index in [0.717, 1.165) is 25.7 Å². The minimum absolute atomic E-state index is 0.0244. The molecule has 1 aliphatic carbocycles. The molecule has 3 atom stereocenters. The number of nitrogens with one attached hydrogen (secondary N) is 3. The van der Waals surface area contributed by atoms with Crippen LogP contribution in [0.15, 0.2) is 30.7 Å². The number of hydrogen-bond acceptors (Lipinski definition) is 6. The summed E-state index contributed by atoms with van der Waals surface area (Å²) in [6.45, 7) is 0.394. The van der Waals surface area contributed by atoms with Crippen molar-refractivity contribution in [1.29, 1.82) is 0 Å². The van der Waals surface area contributed by atoms with Gasteiger partial charge in [0.1, 0.15) is 5.69 Å². The number of imidazole rings is 1. The van der Waals surface area contributed by atoms with Crippen LogP contribution in [0.2, 0.25) is 0 Å². The van der Waals surface area contributed by atoms with Gasteiger partial charge in [-0.25, -0.2) is 9.50 Å². The van der Waals surface area contributed by atoms with Crippen LogP contribution in [0, 0.1) is 11.8 Å². The molecular formula is C26H33F3N8O2. The zero-order valence-electron chi connectivity index (χ0n) is 21.7. The predicted octanol–water partition coefficient (Wildman–Crippen LogP) is 3.06. The largest absolute Gasteiger partial charge is 0.393 e. The molecule has 210 valence electrons. The minimum Gasteiger partial charge on any atom is -0.351 e. The first-order valence-electron chi connectivity index (χ1n) is 13.4. The highest BCUT2D eigenvalue weighted by atomic mass is 19.4. The normalized spacial score (nSPS) is 21.5. The third-order valence-electron chi connectivity index (χ3n) is 7.80. The lowest BCUT2D eigenvalue weighted by Gasteiger charge is -2.32. The Kier molecular flexibility index (Phi) is 7.87. The van der Waals surface area contributed by atoms with Crippen LogP contribution in [0.1, 0.15) is 72.7 Å². The van der Waals surface area contributed by atoms with Crippen LogP contribution in [0.25, 0.3) is 5.65 Å². The maximum atomic E-state index is 13.4. The number of aryl methyl sites for hydroxylation is 1. The third-order valence-corrected chi connectivity index (χ3v) is 7.80. The van der Waals surface area contributed by atoms with E-state index >= 15 is 0 Å². The molecule has 2 aliphatic rings. The van der Waals surface area contributed by atoms with E-state index in [9.17, 15) is 22.8 Å². The Balaban J connectivity index is 1.31. The van der Waals surface area contributed by atoms with Crippen LogP contribution < -0.4 is 16.0 Å². The maximum absolute atomic E-state index is 13.4. The van der Waals surface area contributed by atoms with Gasteiger partial charge in [0, 0.05) is 19.8 Å². The van der Waals surface area contributed by atoms with Crippen LogP contribution in [-0.4, -0.2) is 55.0 Å². The van der Waals surface area contributed by atoms with Gasteiger partial charge in [0.05, 0.1) is 36.1 Å². The topological polar surface area (TPSA) is 118 Å². The molecule has 10 nitrogen and oxygen atoms in total. The van der Waals surface area contributed by atoms with E-state index in [1.165, 1.54) is 11.1 Å². The van der Waals surface area contributed by atoms with Crippen molar-refractivity contribution in [3.05, 3.63) is 47.7 Å². The van der Waals surface area contributed by atoms with Crippen molar-refractivity contribution in [2.75, 3.05) is 6.54 Å². The van der Waals surface area contributed by atoms with E-state index in [-0.39, 0.29) is 30.8 Å². The van der Waals surface area contributed by atoms with Gasteiger partial charge in [-0.1, -0.05) is 19.3 Å². The number of aromatic nitrogens is 5. The Labute approximate surface area is 223 Å². The van der Waals surface area contributed by atoms with Gasteiger partial charge in [-0.15, -0.1) is 0 Å². The summed E-state index contributed by atoms with van der Waals surface area (Å²) in [7, 11) is 1.72. The van der Waals surface area contributed by atoms with Crippen molar-refractivity contribution in [3.8, 4) is 0 Å². The zero-order chi connectivity index (χ0) is 27.6. The van der Waals surface area contributed by atoms with Crippen LogP contribution in [0.3, 0.4) is 0 Å². The first-order chi connectivity index (χ1) is 18.7. The first kappa shape index (κ1) is 27.1. The van der Waals surface area contributed by atoms with Crippen molar-refractivity contribution in [3.63, 3.8) is 0 Å². The Hall–Kier alpha value is -3.48. The fraction of sp³-hybridized carbons (Fsp3) is 0.577. The summed E-state index contributed by atoms with van der Waals surface area (Å²) in [6, 6.07) is 1.79. The van der Waals surface area contributed by atoms with Gasteiger partial charge in [0.25, 0.3) is 5.91 Å². The lowest BCUT2D eigenvalue weighted by Crippen LogP contribution is -2.55. The number of fused-ring (bicyclic) bond motifs is 1. The Morgan fingerprint density at radius 3 is 2.67 bits per heavy atom. The lowest BCUT2D eigenvalue weighted by atomic mass is 9.82. The number of alkyl halides is 3. The van der Waals surface area contributed by atoms with Crippen molar-refractivity contribution >= 4 is 17.5 Å². The smallest absolute Gasteiger partial charge is 0.351 e. The standard InChI is InChI=1S/C26H33F3N8O2/c1-36-20(9-11-32-36)24(38)35-22(17-6-3-2-4-7-17)19-15-37-21(34-19)12-16(14-33-37)13-31-25(39)23-18(26(27,28)29)8-5-10-30-23/h9,11-12,14-15,17-18,22-23,30H,2-8,10,13H2,1H3,(H,31,39)(H,35,38)/t18-,22+,23?/m1/s1. The van der Waals surface area contributed by atoms with E-state index in [2.05, 4.69) is 26.1 Å². The highest BCUT2D eigenvalue weighted by Gasteiger charge is 2.48. The van der Waals surface area contributed by atoms with Crippen molar-refractivity contribution < 1.29 is 22.8 Å². The van der Waals surface area contributed by atoms with E-state index < -0.39 is 24.0 Å². The second-order valence-corrected chi connectivity index (χ2v) is 10.5. The summed E-state index contributed by atoms with van der Waals surface area (Å²) < 4.78 is 43.3. The number of halogens is 3. The molecule has 13 heteroatoms. The number of hydrogen-bond donors (Lipinski definition) is 3. The molecule has 5 rings (SSSR count). The number of nitrogens with zero attached hydrogens (tertiary/aromatic N) is 5. The summed E-state index contributed by atoms with van der Waals surface area (Å²) >= 11 is 0. The van der Waals surface area contributed by atoms with Gasteiger partial charge in [-0.2, -0.15) is 23.4 Å². The number of carbonyl (C=O) groups excluding carboxylic acids is 2. The quantitative estimate of drug-likeness (QED) is 0.419. The number of rotatable bonds is 7. The van der Waals surface area contributed by atoms with Crippen LogP contribution >= 0.6 is 0 Å². The van der Waals surface area contributed by atoms with Gasteiger partial charge in [0.2, 0.25) is 5.91 Å². The van der Waals surface area contributed by atoms with Crippen molar-refractivity contribution in [2.24, 2.45) is 18.9 Å². The summed E-state index contributed by atoms with van der Waals surface area (Å²) in [4.78, 5) is 30.4. The van der Waals surface area contributed by atoms with Gasteiger partial charge < -0.3 is 16.0 Å². The molecule has 3 aromatic rings. The van der Waals surface area contributed by atoms with Crippen molar-refractivity contribution in [1.82, 2.24) is 40.3 Å². The van der Waals surface area contributed by atoms with E-state index in [0.29, 0.717) is 35.6 Å². The van der Waals surface area contributed by atoms with Crippen LogP contribution in [0.4, 0.5) is 13.2 Å². The fourth-order valence-electron chi connectivity index (χ4n) is 5.71. The summed E-state index contributed by atoms with van der Waals surface area (Å²) in [5.74, 6) is -2.40. The van der Waals surface area contributed by atoms with Gasteiger partial charge in [0.15, 0.2) is 5.65 Å². The second-order valence-electron chi connectivity index (χ2n) is 10.5. The average Bonchev–Trinajstić information content (AvgIpc) is 3.56. The zero-order valence-corrected chi connectivity index (χ0v) is 21.7. The molecule has 39 heavy (non-hydrogen) atoms. The number of carbonyl (C=O) groups is 2. The highest BCUT2D eigenvalue weighted by molar-refractivity contribution is 5.92. The van der Waals surface area contributed by atoms with E-state index in [4.69, 9.17) is 4.98 Å². The minimum atomic E-state index is -4.44. The third kappa shape index (κ3) is 6.07. The molecule has 1 unspecified atom stereocenters. The van der Waals surface area contributed by atoms with Crippen LogP contribution in [0.5, 0.6) is 0 Å². The molecule has 2 fully saturated rings. The molecule has 2 amide bonds. The maximum Gasteiger partial charge on any atom is 0.393 e. The predicted molar refractivity (Wildman–Crippen MR) is 135 cm³/mol. The first-order valence-corrected chi connectivity index (χ1v) is 13.4. The number of piperidine rings is 1. The highest BCUT2D eigenvalue weighted by Crippen LogP contribution is 2.35. The summed E-state index contributed by atoms with van der Waals surface area (Å²) in [5.41, 5.74) is 2.28. The average molecular weight is 547 g/mol. The molecule has 0 bridgehead atoms. The van der Waals surface area contributed by atoms with Crippen molar-refractivity contribution in [2.45, 2.75) is 69.8 Å². The molecule has 1 saturated carbocycles. The molecule has 3 N–H and O–H groups in total.